The van der Waals surface area contributed by atoms with Crippen LogP contribution in [0.1, 0.15) is 13.8 Å². The molecule has 108 valence electrons. The van der Waals surface area contributed by atoms with Gasteiger partial charge in [-0.15, -0.1) is 0 Å². The summed E-state index contributed by atoms with van der Waals surface area (Å²) in [6.07, 6.45) is 0. The monoisotopic (exact) mass is 279 g/mol. The SMILES string of the molecule is CNc1ccc([N+](=O)[O-])c(N2CCNC(=O)C2(C)C)n1. The smallest absolute Gasteiger partial charge is 0.311 e. The molecule has 1 aromatic heterocycles. The number of rotatable bonds is 3. The van der Waals surface area contributed by atoms with Gasteiger partial charge in [-0.2, -0.15) is 0 Å². The van der Waals surface area contributed by atoms with E-state index in [1.807, 2.05) is 0 Å². The van der Waals surface area contributed by atoms with E-state index in [4.69, 9.17) is 0 Å². The van der Waals surface area contributed by atoms with Crippen LogP contribution in [0.2, 0.25) is 0 Å². The molecule has 1 aliphatic heterocycles. The summed E-state index contributed by atoms with van der Waals surface area (Å²) in [6, 6.07) is 2.94. The fourth-order valence-corrected chi connectivity index (χ4v) is 2.19. The summed E-state index contributed by atoms with van der Waals surface area (Å²) >= 11 is 0. The number of piperazine rings is 1. The lowest BCUT2D eigenvalue weighted by atomic mass is 9.98. The molecule has 2 heterocycles. The lowest BCUT2D eigenvalue weighted by molar-refractivity contribution is -0.384. The Balaban J connectivity index is 2.54. The maximum Gasteiger partial charge on any atom is 0.311 e. The third kappa shape index (κ3) is 2.24. The van der Waals surface area contributed by atoms with Crippen molar-refractivity contribution in [2.45, 2.75) is 19.4 Å². The van der Waals surface area contributed by atoms with Crippen LogP contribution >= 0.6 is 0 Å². The van der Waals surface area contributed by atoms with Crippen molar-refractivity contribution in [3.8, 4) is 0 Å². The molecule has 20 heavy (non-hydrogen) atoms. The van der Waals surface area contributed by atoms with Gasteiger partial charge in [-0.1, -0.05) is 0 Å². The Hall–Kier alpha value is -2.38. The standard InChI is InChI=1S/C12H17N5O3/c1-12(2)11(18)14-6-7-16(12)10-8(17(19)20)4-5-9(13-3)15-10/h4-5H,6-7H2,1-3H3,(H,13,15)(H,14,18). The van der Waals surface area contributed by atoms with Gasteiger partial charge in [-0.3, -0.25) is 14.9 Å². The van der Waals surface area contributed by atoms with Crippen molar-refractivity contribution < 1.29 is 9.72 Å². The van der Waals surface area contributed by atoms with Gasteiger partial charge in [0.25, 0.3) is 0 Å². The van der Waals surface area contributed by atoms with Crippen LogP contribution in [0.15, 0.2) is 12.1 Å². The van der Waals surface area contributed by atoms with Crippen molar-refractivity contribution in [3.63, 3.8) is 0 Å². The molecule has 0 saturated carbocycles. The van der Waals surface area contributed by atoms with E-state index in [1.54, 1.807) is 31.9 Å². The van der Waals surface area contributed by atoms with Crippen LogP contribution in [0.4, 0.5) is 17.3 Å². The second kappa shape index (κ2) is 4.95. The summed E-state index contributed by atoms with van der Waals surface area (Å²) in [7, 11) is 1.69. The molecule has 0 atom stereocenters. The second-order valence-corrected chi connectivity index (χ2v) is 5.01. The summed E-state index contributed by atoms with van der Waals surface area (Å²) in [4.78, 5) is 28.6. The number of amides is 1. The molecule has 0 aliphatic carbocycles. The van der Waals surface area contributed by atoms with Gasteiger partial charge in [0.05, 0.1) is 4.92 Å². The molecule has 2 N–H and O–H groups in total. The van der Waals surface area contributed by atoms with Crippen LogP contribution in [-0.4, -0.2) is 41.5 Å². The first-order valence-corrected chi connectivity index (χ1v) is 6.27. The minimum atomic E-state index is -0.887. The van der Waals surface area contributed by atoms with Crippen molar-refractivity contribution in [2.75, 3.05) is 30.4 Å². The van der Waals surface area contributed by atoms with Crippen LogP contribution in [0.5, 0.6) is 0 Å². The predicted octanol–water partition coefficient (Wildman–Crippen LogP) is 0.746. The molecule has 8 heteroatoms. The number of carbonyl (C=O) groups excluding carboxylic acids is 1. The molecule has 2 rings (SSSR count). The first-order chi connectivity index (χ1) is 9.37. The Morgan fingerprint density at radius 1 is 1.50 bits per heavy atom. The second-order valence-electron chi connectivity index (χ2n) is 5.01. The minimum absolute atomic E-state index is 0.105. The maximum atomic E-state index is 12.0. The topological polar surface area (TPSA) is 100 Å². The molecule has 0 spiro atoms. The van der Waals surface area contributed by atoms with E-state index in [0.29, 0.717) is 18.9 Å². The number of hydrogen-bond donors (Lipinski definition) is 2. The van der Waals surface area contributed by atoms with Crippen LogP contribution in [-0.2, 0) is 4.79 Å². The van der Waals surface area contributed by atoms with Gasteiger partial charge in [0, 0.05) is 26.2 Å². The van der Waals surface area contributed by atoms with E-state index < -0.39 is 10.5 Å². The molecule has 0 bridgehead atoms. The molecule has 0 unspecified atom stereocenters. The number of carbonyl (C=O) groups is 1. The van der Waals surface area contributed by atoms with Gasteiger partial charge in [-0.05, 0) is 19.9 Å². The van der Waals surface area contributed by atoms with Crippen molar-refractivity contribution in [1.82, 2.24) is 10.3 Å². The zero-order chi connectivity index (χ0) is 14.9. The molecular weight excluding hydrogens is 262 g/mol. The fraction of sp³-hybridized carbons (Fsp3) is 0.500. The number of anilines is 2. The Morgan fingerprint density at radius 3 is 2.80 bits per heavy atom. The Labute approximate surface area is 116 Å². The van der Waals surface area contributed by atoms with Gasteiger partial charge >= 0.3 is 5.69 Å². The highest BCUT2D eigenvalue weighted by Gasteiger charge is 2.41. The van der Waals surface area contributed by atoms with Crippen LogP contribution in [0, 0.1) is 10.1 Å². The Morgan fingerprint density at radius 2 is 2.20 bits per heavy atom. The summed E-state index contributed by atoms with van der Waals surface area (Å²) in [5.74, 6) is 0.559. The summed E-state index contributed by atoms with van der Waals surface area (Å²) in [5.41, 5.74) is -0.991. The molecule has 1 saturated heterocycles. The first kappa shape index (κ1) is 14.0. The fourth-order valence-electron chi connectivity index (χ4n) is 2.19. The molecule has 1 amide bonds. The van der Waals surface area contributed by atoms with E-state index in [9.17, 15) is 14.9 Å². The minimum Gasteiger partial charge on any atom is -0.373 e. The number of hydrogen-bond acceptors (Lipinski definition) is 6. The van der Waals surface area contributed by atoms with Crippen molar-refractivity contribution in [3.05, 3.63) is 22.2 Å². The van der Waals surface area contributed by atoms with Crippen LogP contribution in [0.3, 0.4) is 0 Å². The quantitative estimate of drug-likeness (QED) is 0.625. The van der Waals surface area contributed by atoms with Gasteiger partial charge in [0.1, 0.15) is 11.4 Å². The highest BCUT2D eigenvalue weighted by Crippen LogP contribution is 2.33. The largest absolute Gasteiger partial charge is 0.373 e. The summed E-state index contributed by atoms with van der Waals surface area (Å²) in [5, 5.41) is 16.8. The molecule has 0 aromatic carbocycles. The van der Waals surface area contributed by atoms with E-state index in [-0.39, 0.29) is 17.4 Å². The molecule has 1 fully saturated rings. The van der Waals surface area contributed by atoms with Gasteiger partial charge in [0.2, 0.25) is 11.7 Å². The number of nitrogens with one attached hydrogen (secondary N) is 2. The van der Waals surface area contributed by atoms with Gasteiger partial charge in [-0.25, -0.2) is 4.98 Å². The number of nitro groups is 1. The lowest BCUT2D eigenvalue weighted by Gasteiger charge is -2.41. The molecular formula is C12H17N5O3. The highest BCUT2D eigenvalue weighted by atomic mass is 16.6. The van der Waals surface area contributed by atoms with Crippen molar-refractivity contribution >= 4 is 23.2 Å². The third-order valence-electron chi connectivity index (χ3n) is 3.41. The van der Waals surface area contributed by atoms with E-state index in [2.05, 4.69) is 15.6 Å². The average molecular weight is 279 g/mol. The zero-order valence-electron chi connectivity index (χ0n) is 11.6. The Kier molecular flexibility index (Phi) is 3.47. The molecule has 8 nitrogen and oxygen atoms in total. The summed E-state index contributed by atoms with van der Waals surface area (Å²) in [6.45, 7) is 4.35. The average Bonchev–Trinajstić information content (AvgIpc) is 2.41. The predicted molar refractivity (Wildman–Crippen MR) is 74.9 cm³/mol. The van der Waals surface area contributed by atoms with Crippen LogP contribution in [0.25, 0.3) is 0 Å². The molecule has 0 radical (unpaired) electrons. The van der Waals surface area contributed by atoms with E-state index in [1.165, 1.54) is 6.07 Å². The number of aromatic nitrogens is 1. The maximum absolute atomic E-state index is 12.0. The highest BCUT2D eigenvalue weighted by molar-refractivity contribution is 5.91. The van der Waals surface area contributed by atoms with Gasteiger partial charge in [0.15, 0.2) is 0 Å². The van der Waals surface area contributed by atoms with Crippen LogP contribution < -0.4 is 15.5 Å². The summed E-state index contributed by atoms with van der Waals surface area (Å²) < 4.78 is 0. The third-order valence-corrected chi connectivity index (χ3v) is 3.41. The number of nitrogens with zero attached hydrogens (tertiary/aromatic N) is 3. The number of pyridine rings is 1. The first-order valence-electron chi connectivity index (χ1n) is 6.27. The zero-order valence-corrected chi connectivity index (χ0v) is 11.6. The Bertz CT molecular complexity index is 558. The van der Waals surface area contributed by atoms with Crippen molar-refractivity contribution in [2.24, 2.45) is 0 Å². The van der Waals surface area contributed by atoms with E-state index in [0.717, 1.165) is 0 Å². The van der Waals surface area contributed by atoms with Gasteiger partial charge < -0.3 is 15.5 Å². The molecule has 1 aromatic rings. The lowest BCUT2D eigenvalue weighted by Crippen LogP contribution is -2.62. The van der Waals surface area contributed by atoms with Crippen molar-refractivity contribution in [1.29, 1.82) is 0 Å². The molecule has 1 aliphatic rings. The normalized spacial score (nSPS) is 17.6. The van der Waals surface area contributed by atoms with E-state index >= 15 is 0 Å².